The number of amides is 1. The highest BCUT2D eigenvalue weighted by Gasteiger charge is 2.26. The quantitative estimate of drug-likeness (QED) is 0.177. The van der Waals surface area contributed by atoms with E-state index in [1.54, 1.807) is 30.5 Å². The summed E-state index contributed by atoms with van der Waals surface area (Å²) in [5.41, 5.74) is 2.87. The first-order chi connectivity index (χ1) is 18.6. The number of aromatic nitrogens is 2. The lowest BCUT2D eigenvalue weighted by atomic mass is 10.1. The molecule has 3 heterocycles. The summed E-state index contributed by atoms with van der Waals surface area (Å²) >= 11 is 3.05. The van der Waals surface area contributed by atoms with E-state index in [9.17, 15) is 4.79 Å². The Labute approximate surface area is 242 Å². The summed E-state index contributed by atoms with van der Waals surface area (Å²) in [5.74, 6) is 1.24. The third-order valence-corrected chi connectivity index (χ3v) is 8.61. The highest BCUT2D eigenvalue weighted by atomic mass is 35.5. The van der Waals surface area contributed by atoms with E-state index in [-0.39, 0.29) is 18.3 Å². The number of nitrogens with zero attached hydrogens (tertiary/aromatic N) is 4. The second-order valence-electron chi connectivity index (χ2n) is 8.68. The molecule has 5 rings (SSSR count). The van der Waals surface area contributed by atoms with Crippen LogP contribution in [0.25, 0.3) is 31.7 Å². The molecule has 0 bridgehead atoms. The number of carbonyl (C=O) groups excluding carboxylic acids is 1. The number of hydrogen-bond donors (Lipinski definition) is 0. The number of likely N-dealkylation sites (N-methyl/N-ethyl adjacent to an activating group) is 1. The Balaban J connectivity index is 0.00000353. The Bertz CT molecular complexity index is 1530. The Hall–Kier alpha value is -3.24. The van der Waals surface area contributed by atoms with Gasteiger partial charge in [-0.2, -0.15) is 0 Å². The highest BCUT2D eigenvalue weighted by molar-refractivity contribution is 7.22. The predicted molar refractivity (Wildman–Crippen MR) is 164 cm³/mol. The average molecular weight is 583 g/mol. The number of ether oxygens (including phenoxy) is 2. The first-order valence-corrected chi connectivity index (χ1v) is 14.3. The van der Waals surface area contributed by atoms with Crippen LogP contribution in [0.2, 0.25) is 0 Å². The van der Waals surface area contributed by atoms with Gasteiger partial charge in [0.15, 0.2) is 5.13 Å². The van der Waals surface area contributed by atoms with Crippen LogP contribution in [-0.4, -0.2) is 61.2 Å². The van der Waals surface area contributed by atoms with Crippen LogP contribution in [0.4, 0.5) is 5.13 Å². The monoisotopic (exact) mass is 582 g/mol. The molecule has 0 saturated heterocycles. The van der Waals surface area contributed by atoms with Crippen LogP contribution in [0.15, 0.2) is 60.0 Å². The molecule has 0 fully saturated rings. The molecule has 10 heteroatoms. The second-order valence-corrected chi connectivity index (χ2v) is 10.6. The lowest BCUT2D eigenvalue weighted by Crippen LogP contribution is -2.39. The van der Waals surface area contributed by atoms with Crippen LogP contribution in [0.1, 0.15) is 24.2 Å². The van der Waals surface area contributed by atoms with E-state index >= 15 is 0 Å². The van der Waals surface area contributed by atoms with E-state index in [1.807, 2.05) is 60.0 Å². The molecule has 0 saturated carbocycles. The Morgan fingerprint density at radius 3 is 2.36 bits per heavy atom. The largest absolute Gasteiger partial charge is 0.495 e. The van der Waals surface area contributed by atoms with E-state index in [0.29, 0.717) is 34.3 Å². The van der Waals surface area contributed by atoms with Gasteiger partial charge in [0.05, 0.1) is 35.9 Å². The molecule has 0 spiro atoms. The van der Waals surface area contributed by atoms with Crippen molar-refractivity contribution in [3.05, 3.63) is 65.5 Å². The number of halogens is 1. The zero-order valence-electron chi connectivity index (χ0n) is 22.3. The van der Waals surface area contributed by atoms with Gasteiger partial charge in [0, 0.05) is 18.5 Å². The van der Waals surface area contributed by atoms with E-state index in [1.165, 1.54) is 11.3 Å². The van der Waals surface area contributed by atoms with Gasteiger partial charge in [0.1, 0.15) is 21.7 Å². The summed E-state index contributed by atoms with van der Waals surface area (Å²) < 4.78 is 12.0. The standard InChI is InChI=1S/C29H30N4O3S2.ClH/c1-5-32(6-2)15-16-33(29-31-26-23(35-3)13-14-24(36-4)27(26)38-29)28(34)20-18-22(25-12-9-17-37-25)30-21-11-8-7-10-19(20)21;/h7-14,17-18H,5-6,15-16H2,1-4H3;1H. The summed E-state index contributed by atoms with van der Waals surface area (Å²) in [6.45, 7) is 7.29. The maximum Gasteiger partial charge on any atom is 0.260 e. The SMILES string of the molecule is CCN(CC)CCN(C(=O)c1cc(-c2cccs2)nc2ccccc12)c1nc2c(OC)ccc(OC)c2s1.Cl. The van der Waals surface area contributed by atoms with Gasteiger partial charge in [0.2, 0.25) is 0 Å². The number of carbonyl (C=O) groups is 1. The van der Waals surface area contributed by atoms with Gasteiger partial charge < -0.3 is 14.4 Å². The molecule has 0 N–H and O–H groups in total. The van der Waals surface area contributed by atoms with Gasteiger partial charge in [-0.25, -0.2) is 9.97 Å². The maximum atomic E-state index is 14.4. The normalized spacial score (nSPS) is 11.1. The van der Waals surface area contributed by atoms with E-state index in [0.717, 1.165) is 45.8 Å². The zero-order valence-corrected chi connectivity index (χ0v) is 24.8. The predicted octanol–water partition coefficient (Wildman–Crippen LogP) is 7.00. The molecule has 0 aliphatic rings. The molecule has 39 heavy (non-hydrogen) atoms. The first-order valence-electron chi connectivity index (χ1n) is 12.6. The summed E-state index contributed by atoms with van der Waals surface area (Å²) in [6.07, 6.45) is 0. The number of thiazole rings is 1. The summed E-state index contributed by atoms with van der Waals surface area (Å²) in [5, 5.41) is 3.45. The van der Waals surface area contributed by atoms with E-state index in [2.05, 4.69) is 18.7 Å². The van der Waals surface area contributed by atoms with Crippen molar-refractivity contribution in [2.75, 3.05) is 45.3 Å². The van der Waals surface area contributed by atoms with Crippen molar-refractivity contribution in [2.24, 2.45) is 0 Å². The molecular weight excluding hydrogens is 552 g/mol. The number of fused-ring (bicyclic) bond motifs is 2. The third kappa shape index (κ3) is 5.72. The number of rotatable bonds is 10. The number of anilines is 1. The zero-order chi connectivity index (χ0) is 26.6. The Kier molecular flexibility index (Phi) is 9.40. The minimum Gasteiger partial charge on any atom is -0.495 e. The number of methoxy groups -OCH3 is 2. The van der Waals surface area contributed by atoms with Gasteiger partial charge in [-0.1, -0.05) is 49.4 Å². The van der Waals surface area contributed by atoms with Gasteiger partial charge in [-0.3, -0.25) is 9.69 Å². The number of hydrogen-bond acceptors (Lipinski definition) is 8. The van der Waals surface area contributed by atoms with E-state index < -0.39 is 0 Å². The molecule has 204 valence electrons. The summed E-state index contributed by atoms with van der Waals surface area (Å²) in [4.78, 5) is 29.3. The molecule has 3 aromatic heterocycles. The lowest BCUT2D eigenvalue weighted by molar-refractivity contribution is 0.0985. The van der Waals surface area contributed by atoms with Gasteiger partial charge in [-0.15, -0.1) is 23.7 Å². The molecule has 0 radical (unpaired) electrons. The average Bonchev–Trinajstić information content (AvgIpc) is 3.65. The van der Waals surface area contributed by atoms with E-state index in [4.69, 9.17) is 19.4 Å². The number of thiophene rings is 1. The Morgan fingerprint density at radius 1 is 0.923 bits per heavy atom. The number of benzene rings is 2. The van der Waals surface area contributed by atoms with Crippen LogP contribution >= 0.6 is 35.1 Å². The molecule has 5 aromatic rings. The van der Waals surface area contributed by atoms with Crippen molar-refractivity contribution < 1.29 is 14.3 Å². The van der Waals surface area contributed by atoms with Crippen molar-refractivity contribution in [3.63, 3.8) is 0 Å². The first kappa shape index (κ1) is 28.8. The molecule has 0 unspecified atom stereocenters. The van der Waals surface area contributed by atoms with Crippen molar-refractivity contribution in [2.45, 2.75) is 13.8 Å². The molecule has 0 atom stereocenters. The molecule has 2 aromatic carbocycles. The summed E-state index contributed by atoms with van der Waals surface area (Å²) in [6, 6.07) is 17.5. The third-order valence-electron chi connectivity index (χ3n) is 6.63. The topological polar surface area (TPSA) is 67.8 Å². The van der Waals surface area contributed by atoms with Crippen LogP contribution in [0.5, 0.6) is 11.5 Å². The molecule has 7 nitrogen and oxygen atoms in total. The van der Waals surface area contributed by atoms with Gasteiger partial charge in [0.25, 0.3) is 5.91 Å². The van der Waals surface area contributed by atoms with Crippen LogP contribution < -0.4 is 14.4 Å². The van der Waals surface area contributed by atoms with Crippen LogP contribution in [-0.2, 0) is 0 Å². The molecular formula is C29H31ClN4O3S2. The van der Waals surface area contributed by atoms with Crippen molar-refractivity contribution in [3.8, 4) is 22.1 Å². The second kappa shape index (κ2) is 12.7. The maximum absolute atomic E-state index is 14.4. The molecule has 0 aliphatic carbocycles. The van der Waals surface area contributed by atoms with Crippen molar-refractivity contribution >= 4 is 67.2 Å². The smallest absolute Gasteiger partial charge is 0.260 e. The summed E-state index contributed by atoms with van der Waals surface area (Å²) in [7, 11) is 3.26. The van der Waals surface area contributed by atoms with Gasteiger partial charge in [-0.05, 0) is 48.8 Å². The Morgan fingerprint density at radius 2 is 1.67 bits per heavy atom. The minimum atomic E-state index is -0.106. The fourth-order valence-electron chi connectivity index (χ4n) is 4.50. The van der Waals surface area contributed by atoms with Crippen LogP contribution in [0.3, 0.4) is 0 Å². The lowest BCUT2D eigenvalue weighted by Gasteiger charge is -2.25. The van der Waals surface area contributed by atoms with Crippen molar-refractivity contribution in [1.29, 1.82) is 0 Å². The van der Waals surface area contributed by atoms with Crippen LogP contribution in [0, 0.1) is 0 Å². The number of pyridine rings is 1. The molecule has 0 aliphatic heterocycles. The fourth-order valence-corrected chi connectivity index (χ4v) is 6.29. The molecule has 1 amide bonds. The fraction of sp³-hybridized carbons (Fsp3) is 0.276. The van der Waals surface area contributed by atoms with Crippen molar-refractivity contribution in [1.82, 2.24) is 14.9 Å². The highest BCUT2D eigenvalue weighted by Crippen LogP contribution is 2.41. The van der Waals surface area contributed by atoms with Gasteiger partial charge >= 0.3 is 0 Å². The number of para-hydroxylation sites is 1. The minimum absolute atomic E-state index is 0.